The average Bonchev–Trinajstić information content (AvgIpc) is 1.25. The van der Waals surface area contributed by atoms with Crippen LogP contribution in [0.2, 0.25) is 0 Å². The molecule has 0 radical (unpaired) electrons. The van der Waals surface area contributed by atoms with E-state index in [1.54, 1.807) is 58.6 Å². The summed E-state index contributed by atoms with van der Waals surface area (Å²) in [5, 5.41) is 27.1. The number of aliphatic hydroxyl groups excluding tert-OH is 1. The van der Waals surface area contributed by atoms with Crippen LogP contribution in [0.3, 0.4) is 0 Å². The van der Waals surface area contributed by atoms with Crippen molar-refractivity contribution in [2.24, 2.45) is 10.4 Å². The molecule has 5 aromatic carbocycles. The zero-order chi connectivity index (χ0) is 69.2. The third-order valence-corrected chi connectivity index (χ3v) is 19.0. The van der Waals surface area contributed by atoms with Crippen LogP contribution in [0.1, 0.15) is 61.9 Å². The zero-order valence-electron chi connectivity index (χ0n) is 58.0. The van der Waals surface area contributed by atoms with Crippen molar-refractivity contribution < 1.29 is 62.8 Å². The van der Waals surface area contributed by atoms with Crippen LogP contribution >= 0.6 is 22.9 Å². The van der Waals surface area contributed by atoms with Crippen LogP contribution in [0.5, 0.6) is 23.3 Å². The quantitative estimate of drug-likeness (QED) is 0.0368. The molecule has 0 unspecified atom stereocenters. The number of thiocarbonyl (C=S) groups is 1. The Labute approximate surface area is 612 Å². The minimum atomic E-state index is -3.55. The molecule has 0 atom stereocenters. The minimum absolute atomic E-state index is 0. The van der Waals surface area contributed by atoms with Gasteiger partial charge >= 0.3 is 29.6 Å². The number of nitrogens with one attached hydrogen (secondary N) is 2. The van der Waals surface area contributed by atoms with Crippen molar-refractivity contribution in [1.29, 1.82) is 0 Å². The van der Waals surface area contributed by atoms with Gasteiger partial charge < -0.3 is 55.0 Å². The summed E-state index contributed by atoms with van der Waals surface area (Å²) in [7, 11) is 10.0. The van der Waals surface area contributed by atoms with Gasteiger partial charge in [0, 0.05) is 85.5 Å². The summed E-state index contributed by atoms with van der Waals surface area (Å²) in [5.74, 6) is 4.54. The van der Waals surface area contributed by atoms with Crippen LogP contribution in [-0.4, -0.2) is 184 Å². The monoisotopic (exact) mass is 1420 g/mol. The molecule has 0 saturated carbocycles. The van der Waals surface area contributed by atoms with Crippen molar-refractivity contribution in [2.45, 2.75) is 90.2 Å². The third kappa shape index (κ3) is 17.4. The van der Waals surface area contributed by atoms with Gasteiger partial charge in [-0.25, -0.2) is 62.3 Å². The van der Waals surface area contributed by atoms with E-state index in [4.69, 9.17) is 52.1 Å². The number of nitrogens with zero attached hydrogens (tertiary/aromatic N) is 17. The van der Waals surface area contributed by atoms with Crippen molar-refractivity contribution in [3.05, 3.63) is 163 Å². The second-order valence-electron chi connectivity index (χ2n) is 26.7. The number of likely N-dealkylation sites (N-methyl/N-ethyl adjacent to an activating group) is 2. The van der Waals surface area contributed by atoms with E-state index in [-0.39, 0.29) is 57.5 Å². The molecule has 4 N–H and O–H groups in total. The van der Waals surface area contributed by atoms with Gasteiger partial charge in [0.2, 0.25) is 11.8 Å². The Kier molecular flexibility index (Phi) is 23.0. The number of fused-ring (bicyclic) bond motifs is 4. The summed E-state index contributed by atoms with van der Waals surface area (Å²) in [6.45, 7) is 18.5. The van der Waals surface area contributed by atoms with Gasteiger partial charge in [0.15, 0.2) is 17.2 Å². The molecule has 0 spiro atoms. The first kappa shape index (κ1) is 74.0. The molecule has 26 nitrogen and oxygen atoms in total. The summed E-state index contributed by atoms with van der Waals surface area (Å²) in [6, 6.07) is 31.1. The standard InChI is InChI=1S/C32H37N9O2S.C31H34N10O2.C7H7ClO2S.Na.H2O/c1-20-10-22(7-9-26(20)43-28-12-27-34-18-37-41(27)19-36-28)38-31-29-25(33-17-35-31)8-6-21(11-24(44)13-32(2,3)16-42)30(29)40-14-23(15-40)39(4)5;1-19-10-21(7-9-24(19)43-26-12-25-33-17-36-41(25)18-35-26)37-30-28-23(32-16-34-30)8-6-20(11-27-38-31(2,3)15-42-27)29(28)40-13-22(14-40)39(4)5;1-6-2-4-7(5-3-6)11(8,9)10;;/h6-10,12,17-19,23,42H,11,13-16H2,1-5H3,(H,33,35,38);6-10,12,16-18,22H,11,13-15H2,1-5H3,(H,32,34,37);2-5H,1H3;;1H2/q;;;+1;/p-1. The Bertz CT molecular complexity index is 4910. The maximum Gasteiger partial charge on any atom is 1.00 e. The van der Waals surface area contributed by atoms with Crippen LogP contribution in [-0.2, 0) is 26.6 Å². The predicted octanol–water partition coefficient (Wildman–Crippen LogP) is 8.14. The summed E-state index contributed by atoms with van der Waals surface area (Å²) < 4.78 is 42.7. The summed E-state index contributed by atoms with van der Waals surface area (Å²) in [4.78, 5) is 51.0. The molecule has 30 heteroatoms. The Morgan fingerprint density at radius 3 is 1.59 bits per heavy atom. The third-order valence-electron chi connectivity index (χ3n) is 17.3. The molecule has 0 aliphatic carbocycles. The van der Waals surface area contributed by atoms with E-state index in [1.165, 1.54) is 24.8 Å². The van der Waals surface area contributed by atoms with E-state index in [1.807, 2.05) is 77.1 Å². The van der Waals surface area contributed by atoms with E-state index < -0.39 is 9.05 Å². The number of aliphatic hydroxyl groups is 1. The van der Waals surface area contributed by atoms with E-state index in [9.17, 15) is 13.5 Å². The Hall–Kier alpha value is -8.68. The molecule has 0 amide bonds. The molecule has 3 aliphatic rings. The molecule has 0 bridgehead atoms. The van der Waals surface area contributed by atoms with Crippen molar-refractivity contribution >= 4 is 110 Å². The first-order valence-electron chi connectivity index (χ1n) is 32.0. The van der Waals surface area contributed by atoms with Gasteiger partial charge in [0.1, 0.15) is 67.7 Å². The normalized spacial score (nSPS) is 14.4. The van der Waals surface area contributed by atoms with Crippen molar-refractivity contribution in [3.8, 4) is 23.3 Å². The average molecular weight is 1420 g/mol. The van der Waals surface area contributed by atoms with E-state index >= 15 is 0 Å². The fourth-order valence-corrected chi connectivity index (χ4v) is 13.0. The molecule has 2 fully saturated rings. The van der Waals surface area contributed by atoms with Crippen LogP contribution in [0, 0.1) is 26.2 Å². The number of benzene rings is 5. The number of aliphatic imine (C=N–C) groups is 1. The first-order valence-corrected chi connectivity index (χ1v) is 34.7. The fraction of sp³-hybridized carbons (Fsp3) is 0.343. The molecule has 516 valence electrons. The molecule has 100 heavy (non-hydrogen) atoms. The number of hydrogen-bond donors (Lipinski definition) is 3. The van der Waals surface area contributed by atoms with Crippen LogP contribution in [0.15, 0.2) is 145 Å². The second-order valence-corrected chi connectivity index (χ2v) is 29.8. The Morgan fingerprint density at radius 2 is 1.15 bits per heavy atom. The molecular weight excluding hydrogens is 1340 g/mol. The molecular formula is C70H79ClN19NaO7S2. The Balaban J connectivity index is 0.000000184. The second kappa shape index (κ2) is 31.1. The molecule has 9 heterocycles. The van der Waals surface area contributed by atoms with Crippen molar-refractivity contribution in [1.82, 2.24) is 68.9 Å². The smallest absolute Gasteiger partial charge is 0.870 e. The molecule has 3 aliphatic heterocycles. The van der Waals surface area contributed by atoms with Crippen LogP contribution < -0.4 is 59.5 Å². The number of aromatic nitrogens is 12. The van der Waals surface area contributed by atoms with Gasteiger partial charge in [-0.15, -0.1) is 0 Å². The molecule has 11 aromatic rings. The largest absolute Gasteiger partial charge is 1.00 e. The van der Waals surface area contributed by atoms with Crippen LogP contribution in [0.25, 0.3) is 33.1 Å². The van der Waals surface area contributed by atoms with Gasteiger partial charge in [0.05, 0.1) is 50.0 Å². The maximum absolute atomic E-state index is 10.7. The molecule has 6 aromatic heterocycles. The van der Waals surface area contributed by atoms with Gasteiger partial charge in [-0.3, -0.25) is 0 Å². The van der Waals surface area contributed by atoms with Crippen LogP contribution in [0.4, 0.5) is 34.4 Å². The van der Waals surface area contributed by atoms with Crippen molar-refractivity contribution in [2.75, 3.05) is 88.0 Å². The minimum Gasteiger partial charge on any atom is -0.870 e. The molecule has 14 rings (SSSR count). The summed E-state index contributed by atoms with van der Waals surface area (Å²) >= 11 is 5.86. The zero-order valence-corrected chi connectivity index (χ0v) is 62.3. The SMILES string of the molecule is Cc1cc(Nc2ncnc3ccc(CC(=S)CC(C)(C)CO)c(N4CC(N(C)C)C4)c23)ccc1Oc1cc2ncnn2cn1.Cc1cc(Nc2ncnc3ccc(CC4=NC(C)(C)CO4)c(N4CC(N(C)C)C4)c23)ccc1Oc1cc2ncnn2cn1.Cc1ccc(S(=O)(=O)Cl)cc1.[Na+].[OH-]. The molecule has 2 saturated heterocycles. The van der Waals surface area contributed by atoms with E-state index in [0.29, 0.717) is 72.5 Å². The van der Waals surface area contributed by atoms with Gasteiger partial charge in [-0.05, 0) is 162 Å². The summed E-state index contributed by atoms with van der Waals surface area (Å²) in [6.07, 6.45) is 11.3. The summed E-state index contributed by atoms with van der Waals surface area (Å²) in [5.41, 5.74) is 11.8. The first-order chi connectivity index (χ1) is 46.8. The van der Waals surface area contributed by atoms with Gasteiger partial charge in [-0.1, -0.05) is 55.9 Å². The van der Waals surface area contributed by atoms with Crippen molar-refractivity contribution in [3.63, 3.8) is 0 Å². The number of anilines is 6. The van der Waals surface area contributed by atoms with Gasteiger partial charge in [0.25, 0.3) is 9.05 Å². The maximum atomic E-state index is 10.7. The predicted molar refractivity (Wildman–Crippen MR) is 388 cm³/mol. The number of ether oxygens (including phenoxy) is 3. The Morgan fingerprint density at radius 1 is 0.670 bits per heavy atom. The number of halogens is 1. The van der Waals surface area contributed by atoms with Gasteiger partial charge in [-0.2, -0.15) is 10.2 Å². The number of rotatable bonds is 20. The van der Waals surface area contributed by atoms with E-state index in [0.717, 1.165) is 121 Å². The number of hydrogen-bond acceptors (Lipinski definition) is 25. The topological polar surface area (TPSA) is 299 Å². The fourth-order valence-electron chi connectivity index (χ4n) is 11.7. The van der Waals surface area contributed by atoms with E-state index in [2.05, 4.69) is 131 Å². The number of aryl methyl sites for hydroxylation is 3.